The van der Waals surface area contributed by atoms with E-state index in [0.29, 0.717) is 12.2 Å². The number of rotatable bonds is 3. The van der Waals surface area contributed by atoms with Crippen LogP contribution < -0.4 is 11.5 Å². The maximum Gasteiger partial charge on any atom is 0.261 e. The van der Waals surface area contributed by atoms with Crippen LogP contribution in [0, 0.1) is 6.92 Å². The highest BCUT2D eigenvalue weighted by atomic mass is 16.1. The van der Waals surface area contributed by atoms with E-state index < -0.39 is 6.04 Å². The number of aliphatic imine (C=N–C) groups is 1. The smallest absolute Gasteiger partial charge is 0.261 e. The molecule has 0 saturated heterocycles. The molecule has 5 nitrogen and oxygen atoms in total. The van der Waals surface area contributed by atoms with Gasteiger partial charge in [0.25, 0.3) is 5.91 Å². The lowest BCUT2D eigenvalue weighted by Gasteiger charge is -2.02. The molecule has 0 aliphatic carbocycles. The topological polar surface area (TPSA) is 94.4 Å². The third kappa shape index (κ3) is 3.43. The van der Waals surface area contributed by atoms with Crippen LogP contribution in [0.25, 0.3) is 0 Å². The van der Waals surface area contributed by atoms with E-state index >= 15 is 0 Å². The highest BCUT2D eigenvalue weighted by molar-refractivity contribution is 5.89. The van der Waals surface area contributed by atoms with Crippen molar-refractivity contribution >= 4 is 17.9 Å². The molecular formula is C11H16N4O. The Balaban J connectivity index is 2.65. The number of aryl methyl sites for hydroxylation is 1. The molecule has 1 rings (SSSR count). The Morgan fingerprint density at radius 3 is 2.88 bits per heavy atom. The van der Waals surface area contributed by atoms with Crippen LogP contribution in [-0.4, -0.2) is 23.1 Å². The minimum Gasteiger partial charge on any atom is -0.384 e. The molecule has 0 spiro atoms. The zero-order chi connectivity index (χ0) is 12.1. The van der Waals surface area contributed by atoms with Crippen LogP contribution in [0.2, 0.25) is 0 Å². The second-order valence-corrected chi connectivity index (χ2v) is 3.62. The number of pyridine rings is 1. The van der Waals surface area contributed by atoms with Crippen molar-refractivity contribution in [3.8, 4) is 0 Å². The number of amides is 1. The van der Waals surface area contributed by atoms with E-state index in [1.807, 2.05) is 13.0 Å². The summed E-state index contributed by atoms with van der Waals surface area (Å²) in [6.45, 7) is 3.47. The first-order valence-electron chi connectivity index (χ1n) is 5.04. The molecule has 0 bridgehead atoms. The lowest BCUT2D eigenvalue weighted by Crippen LogP contribution is -2.24. The lowest BCUT2D eigenvalue weighted by atomic mass is 10.1. The maximum absolute atomic E-state index is 11.1. The van der Waals surface area contributed by atoms with Crippen molar-refractivity contribution in [3.63, 3.8) is 0 Å². The lowest BCUT2D eigenvalue weighted by molar-refractivity contribution is -0.118. The first-order valence-corrected chi connectivity index (χ1v) is 5.04. The van der Waals surface area contributed by atoms with Crippen molar-refractivity contribution in [1.82, 2.24) is 4.98 Å². The second-order valence-electron chi connectivity index (χ2n) is 3.62. The van der Waals surface area contributed by atoms with Gasteiger partial charge in [-0.05, 0) is 25.5 Å². The Bertz CT molecular complexity index is 412. The zero-order valence-electron chi connectivity index (χ0n) is 9.47. The summed E-state index contributed by atoms with van der Waals surface area (Å²) < 4.78 is 0. The van der Waals surface area contributed by atoms with Crippen LogP contribution in [0.3, 0.4) is 0 Å². The van der Waals surface area contributed by atoms with Gasteiger partial charge in [-0.3, -0.25) is 4.79 Å². The average molecular weight is 220 g/mol. The molecule has 1 amide bonds. The summed E-state index contributed by atoms with van der Waals surface area (Å²) in [6.07, 6.45) is 2.10. The molecule has 0 unspecified atom stereocenters. The quantitative estimate of drug-likeness (QED) is 0.723. The predicted molar refractivity (Wildman–Crippen MR) is 64.2 cm³/mol. The third-order valence-electron chi connectivity index (χ3n) is 2.14. The number of hydrogen-bond donors (Lipinski definition) is 2. The average Bonchev–Trinajstić information content (AvgIpc) is 2.20. The number of hydrogen-bond acceptors (Lipinski definition) is 4. The van der Waals surface area contributed by atoms with E-state index in [2.05, 4.69) is 9.98 Å². The summed E-state index contributed by atoms with van der Waals surface area (Å²) >= 11 is 0. The number of anilines is 1. The van der Waals surface area contributed by atoms with E-state index in [0.717, 1.165) is 11.3 Å². The summed E-state index contributed by atoms with van der Waals surface area (Å²) in [4.78, 5) is 19.0. The van der Waals surface area contributed by atoms with Gasteiger partial charge in [0.15, 0.2) is 0 Å². The Morgan fingerprint density at radius 1 is 1.62 bits per heavy atom. The van der Waals surface area contributed by atoms with Crippen molar-refractivity contribution < 1.29 is 4.79 Å². The number of carbonyl (C=O) groups is 1. The molecule has 16 heavy (non-hydrogen) atoms. The van der Waals surface area contributed by atoms with Gasteiger partial charge >= 0.3 is 0 Å². The maximum atomic E-state index is 11.1. The van der Waals surface area contributed by atoms with E-state index in [1.54, 1.807) is 19.2 Å². The van der Waals surface area contributed by atoms with Gasteiger partial charge in [0.05, 0.1) is 6.04 Å². The summed E-state index contributed by atoms with van der Waals surface area (Å²) in [5, 5.41) is 0. The van der Waals surface area contributed by atoms with Gasteiger partial charge in [0, 0.05) is 18.3 Å². The summed E-state index contributed by atoms with van der Waals surface area (Å²) in [7, 11) is 0. The van der Waals surface area contributed by atoms with Gasteiger partial charge in [-0.1, -0.05) is 6.07 Å². The van der Waals surface area contributed by atoms with E-state index in [1.165, 1.54) is 0 Å². The molecule has 0 aliphatic rings. The monoisotopic (exact) mass is 220 g/mol. The minimum absolute atomic E-state index is 0.318. The van der Waals surface area contributed by atoms with Crippen LogP contribution in [0.5, 0.6) is 0 Å². The molecule has 1 aromatic heterocycles. The van der Waals surface area contributed by atoms with Crippen LogP contribution in [0.15, 0.2) is 17.1 Å². The van der Waals surface area contributed by atoms with Crippen molar-refractivity contribution in [2.75, 3.05) is 5.73 Å². The van der Waals surface area contributed by atoms with E-state index in [9.17, 15) is 4.79 Å². The fourth-order valence-electron chi connectivity index (χ4n) is 1.18. The number of carbonyl (C=O) groups excluding carboxylic acids is 1. The molecule has 86 valence electrons. The third-order valence-corrected chi connectivity index (χ3v) is 2.14. The van der Waals surface area contributed by atoms with Gasteiger partial charge < -0.3 is 11.5 Å². The first-order chi connectivity index (χ1) is 7.50. The van der Waals surface area contributed by atoms with Crippen LogP contribution >= 0.6 is 0 Å². The van der Waals surface area contributed by atoms with Crippen molar-refractivity contribution in [2.45, 2.75) is 26.3 Å². The molecule has 0 aliphatic heterocycles. The van der Waals surface area contributed by atoms with E-state index in [4.69, 9.17) is 11.5 Å². The number of nitrogens with two attached hydrogens (primary N) is 2. The molecule has 0 radical (unpaired) electrons. The van der Waals surface area contributed by atoms with E-state index in [-0.39, 0.29) is 5.91 Å². The predicted octanol–water partition coefficient (Wildman–Crippen LogP) is 0.459. The SMILES string of the molecule is Cc1nc(N)ccc1CC=NC(=O)[C@H](C)N. The van der Waals surface area contributed by atoms with Crippen molar-refractivity contribution in [1.29, 1.82) is 0 Å². The molecule has 5 heteroatoms. The summed E-state index contributed by atoms with van der Waals surface area (Å²) in [5.41, 5.74) is 12.7. The van der Waals surface area contributed by atoms with Gasteiger partial charge in [0.1, 0.15) is 5.82 Å². The summed E-state index contributed by atoms with van der Waals surface area (Å²) in [5.74, 6) is 0.172. The van der Waals surface area contributed by atoms with Gasteiger partial charge in [-0.2, -0.15) is 0 Å². The number of nitrogens with zero attached hydrogens (tertiary/aromatic N) is 2. The van der Waals surface area contributed by atoms with Gasteiger partial charge in [-0.25, -0.2) is 9.98 Å². The van der Waals surface area contributed by atoms with Gasteiger partial charge in [0.2, 0.25) is 0 Å². The molecule has 4 N–H and O–H groups in total. The Hall–Kier alpha value is -1.75. The second kappa shape index (κ2) is 5.37. The minimum atomic E-state index is -0.554. The first kappa shape index (κ1) is 12.3. The van der Waals surface area contributed by atoms with Crippen molar-refractivity contribution in [2.24, 2.45) is 10.7 Å². The Morgan fingerprint density at radius 2 is 2.31 bits per heavy atom. The molecular weight excluding hydrogens is 204 g/mol. The normalized spacial score (nSPS) is 12.9. The van der Waals surface area contributed by atoms with Crippen LogP contribution in [0.1, 0.15) is 18.2 Å². The number of aromatic nitrogens is 1. The van der Waals surface area contributed by atoms with Gasteiger partial charge in [-0.15, -0.1) is 0 Å². The molecule has 0 saturated carbocycles. The van der Waals surface area contributed by atoms with Crippen LogP contribution in [0.4, 0.5) is 5.82 Å². The molecule has 1 heterocycles. The number of nitrogen functional groups attached to an aromatic ring is 1. The Labute approximate surface area is 94.6 Å². The fraction of sp³-hybridized carbons (Fsp3) is 0.364. The largest absolute Gasteiger partial charge is 0.384 e. The Kier molecular flexibility index (Phi) is 4.13. The summed E-state index contributed by atoms with van der Waals surface area (Å²) in [6, 6.07) is 3.05. The highest BCUT2D eigenvalue weighted by Gasteiger charge is 2.03. The zero-order valence-corrected chi connectivity index (χ0v) is 9.47. The standard InChI is InChI=1S/C11H16N4O/c1-7(12)11(16)14-6-5-9-3-4-10(13)15-8(9)2/h3-4,6-7H,5,12H2,1-2H3,(H2,13,15)/t7-/m0/s1. The molecule has 1 aromatic rings. The van der Waals surface area contributed by atoms with Crippen LogP contribution in [-0.2, 0) is 11.2 Å². The fourth-order valence-corrected chi connectivity index (χ4v) is 1.18. The van der Waals surface area contributed by atoms with Crippen molar-refractivity contribution in [3.05, 3.63) is 23.4 Å². The highest BCUT2D eigenvalue weighted by Crippen LogP contribution is 2.07. The molecule has 0 aromatic carbocycles. The molecule has 0 fully saturated rings. The molecule has 1 atom stereocenters.